The molecule has 19 heavy (non-hydrogen) atoms. The predicted molar refractivity (Wildman–Crippen MR) is 85.4 cm³/mol. The topological polar surface area (TPSA) is 55.1 Å². The van der Waals surface area contributed by atoms with Gasteiger partial charge < -0.3 is 11.1 Å². The Morgan fingerprint density at radius 1 is 1.26 bits per heavy atom. The standard InChI is InChI=1S/C14H13BrN2OS/c1-8(13(16)19)17-14(18)11-3-2-10-7-12(15)5-4-9(10)6-11/h2-8H,1H3,(H2,16,19)(H,17,18). The lowest BCUT2D eigenvalue weighted by atomic mass is 10.1. The van der Waals surface area contributed by atoms with Crippen molar-refractivity contribution in [3.63, 3.8) is 0 Å². The van der Waals surface area contributed by atoms with Crippen LogP contribution in [0.25, 0.3) is 10.8 Å². The number of fused-ring (bicyclic) bond motifs is 1. The summed E-state index contributed by atoms with van der Waals surface area (Å²) < 4.78 is 1.01. The van der Waals surface area contributed by atoms with E-state index in [1.165, 1.54) is 0 Å². The molecule has 0 heterocycles. The van der Waals surface area contributed by atoms with Crippen molar-refractivity contribution in [3.05, 3.63) is 46.4 Å². The molecule has 0 aliphatic heterocycles. The lowest BCUT2D eigenvalue weighted by molar-refractivity contribution is 0.0949. The van der Waals surface area contributed by atoms with Crippen molar-refractivity contribution in [1.29, 1.82) is 0 Å². The highest BCUT2D eigenvalue weighted by Crippen LogP contribution is 2.21. The second-order valence-corrected chi connectivity index (χ2v) is 5.69. The Labute approximate surface area is 125 Å². The first-order chi connectivity index (χ1) is 8.97. The predicted octanol–water partition coefficient (Wildman–Crippen LogP) is 3.01. The molecule has 0 bridgehead atoms. The first-order valence-electron chi connectivity index (χ1n) is 5.77. The van der Waals surface area contributed by atoms with Gasteiger partial charge in [-0.25, -0.2) is 0 Å². The molecule has 3 nitrogen and oxygen atoms in total. The molecule has 2 aromatic carbocycles. The van der Waals surface area contributed by atoms with Crippen LogP contribution in [0.5, 0.6) is 0 Å². The highest BCUT2D eigenvalue weighted by molar-refractivity contribution is 9.10. The second-order valence-electron chi connectivity index (χ2n) is 4.30. The third-order valence-corrected chi connectivity index (χ3v) is 3.69. The number of benzene rings is 2. The van der Waals surface area contributed by atoms with Gasteiger partial charge in [-0.2, -0.15) is 0 Å². The van der Waals surface area contributed by atoms with E-state index >= 15 is 0 Å². The van der Waals surface area contributed by atoms with E-state index in [1.807, 2.05) is 30.3 Å². The molecule has 0 aromatic heterocycles. The summed E-state index contributed by atoms with van der Waals surface area (Å²) >= 11 is 8.26. The molecule has 98 valence electrons. The molecule has 2 rings (SSSR count). The number of nitrogens with one attached hydrogen (secondary N) is 1. The maximum absolute atomic E-state index is 12.0. The van der Waals surface area contributed by atoms with Gasteiger partial charge >= 0.3 is 0 Å². The molecule has 1 unspecified atom stereocenters. The molecule has 0 aliphatic carbocycles. The van der Waals surface area contributed by atoms with Crippen molar-refractivity contribution in [2.45, 2.75) is 13.0 Å². The molecule has 0 fully saturated rings. The Morgan fingerprint density at radius 3 is 2.58 bits per heavy atom. The van der Waals surface area contributed by atoms with Crippen molar-refractivity contribution in [2.75, 3.05) is 0 Å². The van der Waals surface area contributed by atoms with E-state index in [0.717, 1.165) is 15.2 Å². The maximum Gasteiger partial charge on any atom is 0.251 e. The van der Waals surface area contributed by atoms with Crippen LogP contribution >= 0.6 is 28.1 Å². The molecule has 0 aliphatic rings. The van der Waals surface area contributed by atoms with Gasteiger partial charge in [0.15, 0.2) is 0 Å². The first-order valence-corrected chi connectivity index (χ1v) is 6.97. The molecule has 3 N–H and O–H groups in total. The van der Waals surface area contributed by atoms with E-state index in [0.29, 0.717) is 5.56 Å². The van der Waals surface area contributed by atoms with Crippen molar-refractivity contribution in [2.24, 2.45) is 5.73 Å². The Bertz CT molecular complexity index is 657. The van der Waals surface area contributed by atoms with Crippen molar-refractivity contribution < 1.29 is 4.79 Å². The number of carbonyl (C=O) groups excluding carboxylic acids is 1. The van der Waals surface area contributed by atoms with Crippen LogP contribution in [0.4, 0.5) is 0 Å². The Kier molecular flexibility index (Phi) is 4.17. The van der Waals surface area contributed by atoms with E-state index in [9.17, 15) is 4.79 Å². The van der Waals surface area contributed by atoms with Crippen LogP contribution in [-0.4, -0.2) is 16.9 Å². The van der Waals surface area contributed by atoms with Gasteiger partial charge in [-0.3, -0.25) is 4.79 Å². The fourth-order valence-corrected chi connectivity index (χ4v) is 2.15. The van der Waals surface area contributed by atoms with E-state index in [1.54, 1.807) is 13.0 Å². The number of thiocarbonyl (C=S) groups is 1. The normalized spacial score (nSPS) is 12.1. The fourth-order valence-electron chi connectivity index (χ4n) is 1.71. The van der Waals surface area contributed by atoms with Crippen molar-refractivity contribution in [1.82, 2.24) is 5.32 Å². The van der Waals surface area contributed by atoms with Gasteiger partial charge in [-0.05, 0) is 42.0 Å². The minimum atomic E-state index is -0.317. The van der Waals surface area contributed by atoms with Crippen LogP contribution in [-0.2, 0) is 0 Å². The summed E-state index contributed by atoms with van der Waals surface area (Å²) in [4.78, 5) is 12.3. The van der Waals surface area contributed by atoms with Gasteiger partial charge in [-0.1, -0.05) is 40.3 Å². The number of carbonyl (C=O) groups is 1. The maximum atomic E-state index is 12.0. The molecule has 0 saturated carbocycles. The first kappa shape index (κ1) is 14.0. The fraction of sp³-hybridized carbons (Fsp3) is 0.143. The van der Waals surface area contributed by atoms with Gasteiger partial charge in [-0.15, -0.1) is 0 Å². The van der Waals surface area contributed by atoms with Crippen LogP contribution in [0.15, 0.2) is 40.9 Å². The zero-order chi connectivity index (χ0) is 14.0. The van der Waals surface area contributed by atoms with Crippen molar-refractivity contribution >= 4 is 49.8 Å². The lowest BCUT2D eigenvalue weighted by Gasteiger charge is -2.12. The van der Waals surface area contributed by atoms with Gasteiger partial charge in [0.05, 0.1) is 11.0 Å². The molecule has 0 saturated heterocycles. The van der Waals surface area contributed by atoms with E-state index < -0.39 is 0 Å². The Balaban J connectivity index is 2.28. The number of rotatable bonds is 3. The van der Waals surface area contributed by atoms with E-state index in [4.69, 9.17) is 18.0 Å². The van der Waals surface area contributed by atoms with Gasteiger partial charge in [0, 0.05) is 10.0 Å². The summed E-state index contributed by atoms with van der Waals surface area (Å²) in [6.07, 6.45) is 0. The van der Waals surface area contributed by atoms with Crippen LogP contribution in [0.1, 0.15) is 17.3 Å². The molecule has 5 heteroatoms. The zero-order valence-corrected chi connectivity index (χ0v) is 12.7. The second kappa shape index (κ2) is 5.67. The van der Waals surface area contributed by atoms with Gasteiger partial charge in [0.2, 0.25) is 0 Å². The Hall–Kier alpha value is -1.46. The quantitative estimate of drug-likeness (QED) is 0.847. The molecule has 0 radical (unpaired) electrons. The Morgan fingerprint density at radius 2 is 1.89 bits per heavy atom. The van der Waals surface area contributed by atoms with Crippen LogP contribution in [0, 0.1) is 0 Å². The summed E-state index contributed by atoms with van der Waals surface area (Å²) in [6, 6.07) is 11.2. The van der Waals surface area contributed by atoms with Crippen molar-refractivity contribution in [3.8, 4) is 0 Å². The number of amides is 1. The summed E-state index contributed by atoms with van der Waals surface area (Å²) in [7, 11) is 0. The molecular weight excluding hydrogens is 324 g/mol. The highest BCUT2D eigenvalue weighted by Gasteiger charge is 2.11. The lowest BCUT2D eigenvalue weighted by Crippen LogP contribution is -2.41. The smallest absolute Gasteiger partial charge is 0.251 e. The average Bonchev–Trinajstić information content (AvgIpc) is 2.37. The molecule has 0 spiro atoms. The molecule has 1 amide bonds. The summed E-state index contributed by atoms with van der Waals surface area (Å²) in [5.74, 6) is -0.176. The van der Waals surface area contributed by atoms with Crippen LogP contribution in [0.3, 0.4) is 0 Å². The zero-order valence-electron chi connectivity index (χ0n) is 10.3. The van der Waals surface area contributed by atoms with Crippen LogP contribution in [0.2, 0.25) is 0 Å². The molecular formula is C14H13BrN2OS. The van der Waals surface area contributed by atoms with E-state index in [2.05, 4.69) is 21.2 Å². The molecule has 1 atom stereocenters. The average molecular weight is 337 g/mol. The number of hydrogen-bond donors (Lipinski definition) is 2. The minimum Gasteiger partial charge on any atom is -0.392 e. The number of nitrogens with two attached hydrogens (primary N) is 1. The highest BCUT2D eigenvalue weighted by atomic mass is 79.9. The summed E-state index contributed by atoms with van der Waals surface area (Å²) in [5.41, 5.74) is 6.08. The molecule has 2 aromatic rings. The third-order valence-electron chi connectivity index (χ3n) is 2.84. The summed E-state index contributed by atoms with van der Waals surface area (Å²) in [5, 5.41) is 4.85. The van der Waals surface area contributed by atoms with E-state index in [-0.39, 0.29) is 16.9 Å². The number of halogens is 1. The minimum absolute atomic E-state index is 0.176. The SMILES string of the molecule is CC(NC(=O)c1ccc2cc(Br)ccc2c1)C(N)=S. The third kappa shape index (κ3) is 3.30. The summed E-state index contributed by atoms with van der Waals surface area (Å²) in [6.45, 7) is 1.76. The number of hydrogen-bond acceptors (Lipinski definition) is 2. The van der Waals surface area contributed by atoms with Gasteiger partial charge in [0.1, 0.15) is 0 Å². The largest absolute Gasteiger partial charge is 0.392 e. The van der Waals surface area contributed by atoms with Crippen LogP contribution < -0.4 is 11.1 Å². The van der Waals surface area contributed by atoms with Gasteiger partial charge in [0.25, 0.3) is 5.91 Å². The monoisotopic (exact) mass is 336 g/mol.